The number of hydrogen-bond donors (Lipinski definition) is 3. The van der Waals surface area contributed by atoms with E-state index in [1.807, 2.05) is 0 Å². The van der Waals surface area contributed by atoms with Crippen LogP contribution in [-0.2, 0) is 0 Å². The molecule has 1 aliphatic heterocycles. The molecule has 0 aromatic heterocycles. The highest BCUT2D eigenvalue weighted by Crippen LogP contribution is 2.38. The van der Waals surface area contributed by atoms with Crippen LogP contribution in [-0.4, -0.2) is 17.8 Å². The van der Waals surface area contributed by atoms with Gasteiger partial charge in [0.25, 0.3) is 5.91 Å². The highest BCUT2D eigenvalue weighted by atomic mass is 16.7. The molecule has 4 N–H and O–H groups in total. The predicted octanol–water partition coefficient (Wildman–Crippen LogP) is 2.26. The van der Waals surface area contributed by atoms with Crippen LogP contribution in [0.4, 0.5) is 11.4 Å². The molecule has 1 amide bonds. The first kappa shape index (κ1) is 13.1. The minimum atomic E-state index is -0.307. The number of aryl methyl sites for hydroxylation is 1. The third-order valence-corrected chi connectivity index (χ3v) is 3.25. The quantitative estimate of drug-likeness (QED) is 0.736. The number of carbonyl (C=O) groups is 1. The number of nitrogens with one attached hydrogen (secondary N) is 1. The number of ether oxygens (including phenoxy) is 2. The van der Waals surface area contributed by atoms with Gasteiger partial charge in [0.1, 0.15) is 5.75 Å². The summed E-state index contributed by atoms with van der Waals surface area (Å²) in [6.45, 7) is 1.89. The second kappa shape index (κ2) is 4.90. The molecule has 1 heterocycles. The molecule has 0 saturated heterocycles. The molecule has 0 radical (unpaired) electrons. The molecule has 0 unspecified atom stereocenters. The van der Waals surface area contributed by atoms with Gasteiger partial charge in [-0.2, -0.15) is 0 Å². The summed E-state index contributed by atoms with van der Waals surface area (Å²) in [5.41, 5.74) is 7.88. The highest BCUT2D eigenvalue weighted by Gasteiger charge is 2.18. The maximum atomic E-state index is 12.3. The SMILES string of the molecule is Cc1cc(O)ccc1C(=O)Nc1cc2c(cc1N)OCO2. The predicted molar refractivity (Wildman–Crippen MR) is 77.8 cm³/mol. The van der Waals surface area contributed by atoms with Gasteiger partial charge >= 0.3 is 0 Å². The Labute approximate surface area is 121 Å². The summed E-state index contributed by atoms with van der Waals surface area (Å²) in [4.78, 5) is 12.3. The Balaban J connectivity index is 1.88. The lowest BCUT2D eigenvalue weighted by Crippen LogP contribution is -2.14. The lowest BCUT2D eigenvalue weighted by Gasteiger charge is -2.11. The van der Waals surface area contributed by atoms with Crippen molar-refractivity contribution in [3.05, 3.63) is 41.5 Å². The summed E-state index contributed by atoms with van der Waals surface area (Å²) >= 11 is 0. The number of anilines is 2. The number of carbonyl (C=O) groups excluding carboxylic acids is 1. The van der Waals surface area contributed by atoms with E-state index in [0.717, 1.165) is 0 Å². The fraction of sp³-hybridized carbons (Fsp3) is 0.133. The van der Waals surface area contributed by atoms with E-state index in [1.54, 1.807) is 25.1 Å². The minimum Gasteiger partial charge on any atom is -0.508 e. The summed E-state index contributed by atoms with van der Waals surface area (Å²) in [7, 11) is 0. The molecule has 0 saturated carbocycles. The first-order valence-corrected chi connectivity index (χ1v) is 6.34. The van der Waals surface area contributed by atoms with Crippen LogP contribution < -0.4 is 20.5 Å². The van der Waals surface area contributed by atoms with Gasteiger partial charge in [-0.1, -0.05) is 0 Å². The van der Waals surface area contributed by atoms with Crippen molar-refractivity contribution in [1.82, 2.24) is 0 Å². The van der Waals surface area contributed by atoms with Crippen molar-refractivity contribution in [2.75, 3.05) is 17.8 Å². The fourth-order valence-electron chi connectivity index (χ4n) is 2.16. The number of aromatic hydroxyl groups is 1. The Bertz CT molecular complexity index is 728. The molecular weight excluding hydrogens is 272 g/mol. The van der Waals surface area contributed by atoms with Gasteiger partial charge in [-0.25, -0.2) is 0 Å². The Morgan fingerprint density at radius 1 is 1.24 bits per heavy atom. The first-order valence-electron chi connectivity index (χ1n) is 6.34. The largest absolute Gasteiger partial charge is 0.508 e. The average Bonchev–Trinajstić information content (AvgIpc) is 2.86. The summed E-state index contributed by atoms with van der Waals surface area (Å²) in [6, 6.07) is 7.79. The second-order valence-electron chi connectivity index (χ2n) is 4.75. The number of fused-ring (bicyclic) bond motifs is 1. The first-order chi connectivity index (χ1) is 10.0. The zero-order chi connectivity index (χ0) is 15.0. The molecule has 0 atom stereocenters. The van der Waals surface area contributed by atoms with E-state index in [2.05, 4.69) is 5.32 Å². The number of nitrogens with two attached hydrogens (primary N) is 1. The van der Waals surface area contributed by atoms with Gasteiger partial charge < -0.3 is 25.6 Å². The second-order valence-corrected chi connectivity index (χ2v) is 4.75. The van der Waals surface area contributed by atoms with Crippen molar-refractivity contribution >= 4 is 17.3 Å². The highest BCUT2D eigenvalue weighted by molar-refractivity contribution is 6.07. The Hall–Kier alpha value is -2.89. The lowest BCUT2D eigenvalue weighted by molar-refractivity contribution is 0.102. The number of rotatable bonds is 2. The lowest BCUT2D eigenvalue weighted by atomic mass is 10.1. The van der Waals surface area contributed by atoms with E-state index in [-0.39, 0.29) is 18.4 Å². The number of amides is 1. The van der Waals surface area contributed by atoms with E-state index in [1.165, 1.54) is 12.1 Å². The summed E-state index contributed by atoms with van der Waals surface area (Å²) in [5.74, 6) is 0.915. The Kier molecular flexibility index (Phi) is 3.06. The summed E-state index contributed by atoms with van der Waals surface area (Å²) in [6.07, 6.45) is 0. The van der Waals surface area contributed by atoms with Crippen LogP contribution in [0.15, 0.2) is 30.3 Å². The number of hydrogen-bond acceptors (Lipinski definition) is 5. The molecule has 0 bridgehead atoms. The minimum absolute atomic E-state index is 0.117. The van der Waals surface area contributed by atoms with Crippen LogP contribution in [0.2, 0.25) is 0 Å². The number of nitrogen functional groups attached to an aromatic ring is 1. The molecule has 1 aliphatic rings. The molecule has 2 aromatic carbocycles. The van der Waals surface area contributed by atoms with Gasteiger partial charge in [0, 0.05) is 17.7 Å². The third kappa shape index (κ3) is 2.43. The molecule has 2 aromatic rings. The smallest absolute Gasteiger partial charge is 0.255 e. The molecule has 0 fully saturated rings. The zero-order valence-electron chi connectivity index (χ0n) is 11.3. The number of phenols is 1. The van der Waals surface area contributed by atoms with Crippen molar-refractivity contribution in [2.45, 2.75) is 6.92 Å². The van der Waals surface area contributed by atoms with Crippen LogP contribution in [0.5, 0.6) is 17.2 Å². The number of benzene rings is 2. The maximum absolute atomic E-state index is 12.3. The van der Waals surface area contributed by atoms with Crippen molar-refractivity contribution in [3.63, 3.8) is 0 Å². The third-order valence-electron chi connectivity index (χ3n) is 3.25. The van der Waals surface area contributed by atoms with E-state index in [4.69, 9.17) is 15.2 Å². The molecule has 108 valence electrons. The van der Waals surface area contributed by atoms with Crippen molar-refractivity contribution in [1.29, 1.82) is 0 Å². The molecule has 6 heteroatoms. The average molecular weight is 286 g/mol. The van der Waals surface area contributed by atoms with E-state index in [9.17, 15) is 9.90 Å². The van der Waals surface area contributed by atoms with Crippen LogP contribution in [0, 0.1) is 6.92 Å². The monoisotopic (exact) mass is 286 g/mol. The molecular formula is C15H14N2O4. The van der Waals surface area contributed by atoms with Crippen molar-refractivity contribution < 1.29 is 19.4 Å². The Morgan fingerprint density at radius 2 is 1.95 bits per heavy atom. The van der Waals surface area contributed by atoms with Crippen LogP contribution >= 0.6 is 0 Å². The van der Waals surface area contributed by atoms with E-state index >= 15 is 0 Å². The summed E-state index contributed by atoms with van der Waals surface area (Å²) < 4.78 is 10.5. The molecule has 6 nitrogen and oxygen atoms in total. The van der Waals surface area contributed by atoms with Gasteiger partial charge in [-0.05, 0) is 30.7 Å². The number of phenolic OH excluding ortho intramolecular Hbond substituents is 1. The van der Waals surface area contributed by atoms with E-state index in [0.29, 0.717) is 34.0 Å². The normalized spacial score (nSPS) is 12.2. The van der Waals surface area contributed by atoms with Crippen LogP contribution in [0.3, 0.4) is 0 Å². The van der Waals surface area contributed by atoms with Crippen molar-refractivity contribution in [3.8, 4) is 17.2 Å². The van der Waals surface area contributed by atoms with Gasteiger partial charge in [-0.3, -0.25) is 4.79 Å². The Morgan fingerprint density at radius 3 is 2.67 bits per heavy atom. The zero-order valence-corrected chi connectivity index (χ0v) is 11.3. The molecule has 0 aliphatic carbocycles. The van der Waals surface area contributed by atoms with Crippen LogP contribution in [0.1, 0.15) is 15.9 Å². The van der Waals surface area contributed by atoms with Crippen LogP contribution in [0.25, 0.3) is 0 Å². The summed E-state index contributed by atoms with van der Waals surface area (Å²) in [5, 5.41) is 12.1. The van der Waals surface area contributed by atoms with Gasteiger partial charge in [0.15, 0.2) is 11.5 Å². The fourth-order valence-corrected chi connectivity index (χ4v) is 2.16. The van der Waals surface area contributed by atoms with Gasteiger partial charge in [0.05, 0.1) is 11.4 Å². The standard InChI is InChI=1S/C15H14N2O4/c1-8-4-9(18)2-3-10(8)15(19)17-12-6-14-13(5-11(12)16)20-7-21-14/h2-6,18H,7,16H2,1H3,(H,17,19). The van der Waals surface area contributed by atoms with E-state index < -0.39 is 0 Å². The van der Waals surface area contributed by atoms with Gasteiger partial charge in [-0.15, -0.1) is 0 Å². The molecule has 21 heavy (non-hydrogen) atoms. The topological polar surface area (TPSA) is 93.8 Å². The maximum Gasteiger partial charge on any atom is 0.255 e. The van der Waals surface area contributed by atoms with Gasteiger partial charge in [0.2, 0.25) is 6.79 Å². The molecule has 0 spiro atoms. The van der Waals surface area contributed by atoms with Crippen molar-refractivity contribution in [2.24, 2.45) is 0 Å². The molecule has 3 rings (SSSR count).